The van der Waals surface area contributed by atoms with Crippen LogP contribution in [0.25, 0.3) is 94.4 Å². The number of hydrogen-bond acceptors (Lipinski definition) is 4. The average molecular weight is 1100 g/mol. The average Bonchev–Trinajstić information content (AvgIpc) is 1.66. The van der Waals surface area contributed by atoms with Gasteiger partial charge in [-0.15, -0.1) is 0 Å². The lowest BCUT2D eigenvalue weighted by Crippen LogP contribution is -2.58. The summed E-state index contributed by atoms with van der Waals surface area (Å²) in [6.45, 7) is 12.4. The van der Waals surface area contributed by atoms with Crippen molar-refractivity contribution in [2.75, 3.05) is 16.5 Å². The van der Waals surface area contributed by atoms with Crippen LogP contribution in [-0.4, -0.2) is 24.3 Å². The molecule has 0 bridgehead atoms. The van der Waals surface area contributed by atoms with Gasteiger partial charge in [-0.3, -0.25) is 4.57 Å². The second-order valence-corrected chi connectivity index (χ2v) is 28.4. The Bertz CT molecular complexity index is 4420. The minimum atomic E-state index is -2.30. The molecule has 0 fully saturated rings. The summed E-state index contributed by atoms with van der Waals surface area (Å²) >= 11 is 0. The van der Waals surface area contributed by atoms with Crippen LogP contribution in [0, 0.1) is 0 Å². The summed E-state index contributed by atoms with van der Waals surface area (Å²) in [5, 5.41) is 5.16. The van der Waals surface area contributed by atoms with Crippen LogP contribution in [0.4, 0.5) is 22.7 Å². The van der Waals surface area contributed by atoms with Crippen molar-refractivity contribution < 1.29 is 4.74 Å². The molecule has 0 spiro atoms. The Morgan fingerprint density at radius 3 is 1.44 bits per heavy atom. The molecule has 2 aliphatic rings. The molecule has 84 heavy (non-hydrogen) atoms. The minimum Gasteiger partial charge on any atom is -0.457 e. The van der Waals surface area contributed by atoms with Crippen molar-refractivity contribution in [3.8, 4) is 84.1 Å². The molecular formula is C78H62N4OSi. The summed E-state index contributed by atoms with van der Waals surface area (Å²) in [4.78, 5) is 10.2. The van der Waals surface area contributed by atoms with E-state index in [-0.39, 0.29) is 5.41 Å². The number of benzene rings is 11. The van der Waals surface area contributed by atoms with Crippen LogP contribution in [0.3, 0.4) is 0 Å². The van der Waals surface area contributed by atoms with Crippen molar-refractivity contribution in [1.82, 2.24) is 9.55 Å². The van der Waals surface area contributed by atoms with Gasteiger partial charge in [0.2, 0.25) is 0 Å². The van der Waals surface area contributed by atoms with Gasteiger partial charge in [-0.2, -0.15) is 0 Å². The third-order valence-electron chi connectivity index (χ3n) is 17.4. The summed E-state index contributed by atoms with van der Waals surface area (Å²) in [6, 6.07) is 97.9. The van der Waals surface area contributed by atoms with Crippen molar-refractivity contribution in [2.24, 2.45) is 0 Å². The maximum absolute atomic E-state index is 7.08. The van der Waals surface area contributed by atoms with E-state index >= 15 is 0 Å². The van der Waals surface area contributed by atoms with Gasteiger partial charge in [0, 0.05) is 45.9 Å². The van der Waals surface area contributed by atoms with E-state index in [1.165, 1.54) is 82.9 Å². The lowest BCUT2D eigenvalue weighted by molar-refractivity contribution is 0.483. The lowest BCUT2D eigenvalue weighted by atomic mass is 9.88. The van der Waals surface area contributed by atoms with Gasteiger partial charge < -0.3 is 14.5 Å². The molecule has 5 nitrogen and oxygen atoms in total. The molecule has 0 radical (unpaired) electrons. The molecule has 0 saturated carbocycles. The predicted molar refractivity (Wildman–Crippen MR) is 355 cm³/mol. The number of para-hydroxylation sites is 3. The van der Waals surface area contributed by atoms with E-state index in [1.54, 1.807) is 0 Å². The molecule has 2 aromatic heterocycles. The Kier molecular flexibility index (Phi) is 12.2. The number of aromatic nitrogens is 2. The lowest BCUT2D eigenvalue weighted by Gasteiger charge is -2.38. The smallest absolute Gasteiger partial charge is 0.137 e. The number of nitrogens with zero attached hydrogens (tertiary/aromatic N) is 4. The monoisotopic (exact) mass is 1100 g/mol. The second kappa shape index (κ2) is 20.2. The van der Waals surface area contributed by atoms with E-state index in [0.29, 0.717) is 6.67 Å². The summed E-state index contributed by atoms with van der Waals surface area (Å²) in [5.74, 6) is 2.46. The molecule has 404 valence electrons. The SMILES string of the molecule is CC(C)(C)c1ccnc(-n2c3ccccc3c3ccc(Oc4ccc5c(c4)N4CN(c6c(-c7cc(-c8ccccc8)cc(-c8ccccc8)c7)cccc6-c6cc(-c7ccccc7)cc(-c7ccccc7)c6)c6cccc(c64)[Si]5(C)C)cc32)c1. The van der Waals surface area contributed by atoms with Crippen molar-refractivity contribution in [1.29, 1.82) is 0 Å². The van der Waals surface area contributed by atoms with Crippen molar-refractivity contribution in [3.63, 3.8) is 0 Å². The molecule has 6 heteroatoms. The van der Waals surface area contributed by atoms with E-state index in [9.17, 15) is 0 Å². The van der Waals surface area contributed by atoms with Crippen LogP contribution in [0.15, 0.2) is 273 Å². The Morgan fingerprint density at radius 2 is 0.869 bits per heavy atom. The maximum Gasteiger partial charge on any atom is 0.137 e. The Morgan fingerprint density at radius 1 is 0.381 bits per heavy atom. The fraction of sp³-hybridized carbons (Fsp3) is 0.0897. The largest absolute Gasteiger partial charge is 0.457 e. The summed E-state index contributed by atoms with van der Waals surface area (Å²) in [5.41, 5.74) is 22.2. The molecule has 15 rings (SSSR count). The standard InChI is InChI=1S/C78H62N4OSi/c1-78(2,3)62-40-41-79-75(48-62)82-69-33-19-18-30-67(69)68-38-36-63(49-71(68)82)83-64-37-39-73-72(50-64)81-51-80(70-34-21-35-74(77(70)81)84(73,4)5)76-65(60-44-56(52-22-10-6-11-23-52)42-57(45-60)53-24-12-7-13-25-53)31-20-32-66(76)61-46-58(54-26-14-8-15-27-54)43-59(47-61)55-28-16-9-17-29-55/h6-50H,51H2,1-5H3. The molecule has 0 aliphatic carbocycles. The number of ether oxygens (including phenoxy) is 1. The van der Waals surface area contributed by atoms with Crippen molar-refractivity contribution in [2.45, 2.75) is 39.3 Å². The van der Waals surface area contributed by atoms with Gasteiger partial charge in [-0.25, -0.2) is 4.98 Å². The van der Waals surface area contributed by atoms with Crippen LogP contribution in [-0.2, 0) is 5.41 Å². The van der Waals surface area contributed by atoms with Gasteiger partial charge in [-0.05, 0) is 156 Å². The van der Waals surface area contributed by atoms with Gasteiger partial charge in [0.05, 0.1) is 28.1 Å². The quantitative estimate of drug-likeness (QED) is 0.128. The number of hydrogen-bond donors (Lipinski definition) is 0. The molecule has 11 aromatic carbocycles. The van der Waals surface area contributed by atoms with Crippen molar-refractivity contribution >= 4 is 63.0 Å². The Balaban J connectivity index is 0.905. The van der Waals surface area contributed by atoms with E-state index in [4.69, 9.17) is 9.72 Å². The third-order valence-corrected chi connectivity index (χ3v) is 20.9. The van der Waals surface area contributed by atoms with E-state index in [2.05, 4.69) is 315 Å². The van der Waals surface area contributed by atoms with Gasteiger partial charge >= 0.3 is 0 Å². The van der Waals surface area contributed by atoms with Crippen molar-refractivity contribution in [3.05, 3.63) is 279 Å². The number of fused-ring (bicyclic) bond motifs is 5. The summed E-state index contributed by atoms with van der Waals surface area (Å²) < 4.78 is 9.37. The zero-order valence-corrected chi connectivity index (χ0v) is 48.9. The zero-order valence-electron chi connectivity index (χ0n) is 47.9. The maximum atomic E-state index is 7.08. The number of anilines is 4. The Hall–Kier alpha value is -10.0. The fourth-order valence-electron chi connectivity index (χ4n) is 13.1. The molecule has 4 heterocycles. The van der Waals surface area contributed by atoms with Crippen LogP contribution >= 0.6 is 0 Å². The molecule has 0 amide bonds. The first-order valence-corrected chi connectivity index (χ1v) is 32.2. The molecule has 0 atom stereocenters. The normalized spacial score (nSPS) is 13.3. The minimum absolute atomic E-state index is 0.0317. The zero-order chi connectivity index (χ0) is 56.7. The first-order chi connectivity index (χ1) is 41.0. The molecule has 0 N–H and O–H groups in total. The van der Waals surface area contributed by atoms with Gasteiger partial charge in [0.1, 0.15) is 32.1 Å². The topological polar surface area (TPSA) is 33.5 Å². The van der Waals surface area contributed by atoms with E-state index < -0.39 is 8.07 Å². The van der Waals surface area contributed by atoms with E-state index in [0.717, 1.165) is 61.7 Å². The van der Waals surface area contributed by atoms with Crippen LogP contribution in [0.5, 0.6) is 11.5 Å². The molecule has 0 unspecified atom stereocenters. The molecule has 2 aliphatic heterocycles. The highest BCUT2D eigenvalue weighted by Gasteiger charge is 2.44. The highest BCUT2D eigenvalue weighted by Crippen LogP contribution is 2.53. The number of rotatable bonds is 10. The first kappa shape index (κ1) is 50.9. The summed E-state index contributed by atoms with van der Waals surface area (Å²) in [7, 11) is -2.30. The van der Waals surface area contributed by atoms with Crippen LogP contribution in [0.2, 0.25) is 13.1 Å². The van der Waals surface area contributed by atoms with Gasteiger partial charge in [0.15, 0.2) is 0 Å². The second-order valence-electron chi connectivity index (χ2n) is 24.0. The molecule has 13 aromatic rings. The van der Waals surface area contributed by atoms with E-state index in [1.807, 2.05) is 6.20 Å². The Labute approximate surface area is 493 Å². The third kappa shape index (κ3) is 8.80. The highest BCUT2D eigenvalue weighted by molar-refractivity contribution is 7.02. The van der Waals surface area contributed by atoms with Crippen LogP contribution < -0.4 is 24.9 Å². The summed E-state index contributed by atoms with van der Waals surface area (Å²) in [6.07, 6.45) is 1.94. The van der Waals surface area contributed by atoms with Gasteiger partial charge in [0.25, 0.3) is 0 Å². The van der Waals surface area contributed by atoms with Crippen LogP contribution in [0.1, 0.15) is 26.3 Å². The molecule has 0 saturated heterocycles. The fourth-order valence-corrected chi connectivity index (χ4v) is 16.2. The predicted octanol–water partition coefficient (Wildman–Crippen LogP) is 19.7. The van der Waals surface area contributed by atoms with Gasteiger partial charge in [-0.1, -0.05) is 210 Å². The number of pyridine rings is 1. The first-order valence-electron chi connectivity index (χ1n) is 29.2. The highest BCUT2D eigenvalue weighted by atomic mass is 28.3. The molecular weight excluding hydrogens is 1040 g/mol.